The highest BCUT2D eigenvalue weighted by molar-refractivity contribution is 6.15. The van der Waals surface area contributed by atoms with Crippen molar-refractivity contribution in [3.8, 4) is 11.5 Å². The highest BCUT2D eigenvalue weighted by Crippen LogP contribution is 2.30. The molecule has 3 aromatic carbocycles. The van der Waals surface area contributed by atoms with Gasteiger partial charge in [0.25, 0.3) is 0 Å². The highest BCUT2D eigenvalue weighted by Gasteiger charge is 2.19. The number of rotatable bonds is 6. The summed E-state index contributed by atoms with van der Waals surface area (Å²) in [4.78, 5) is 4.77. The summed E-state index contributed by atoms with van der Waals surface area (Å²) < 4.78 is 11.9. The van der Waals surface area contributed by atoms with Crippen LogP contribution in [-0.4, -0.2) is 30.6 Å². The molecule has 1 N–H and O–H groups in total. The zero-order valence-corrected chi connectivity index (χ0v) is 15.7. The Kier molecular flexibility index (Phi) is 5.69. The van der Waals surface area contributed by atoms with Gasteiger partial charge < -0.3 is 14.6 Å². The number of nitrogens with zero attached hydrogens (tertiary/aromatic N) is 1. The van der Waals surface area contributed by atoms with Crippen LogP contribution in [0, 0.1) is 0 Å². The summed E-state index contributed by atoms with van der Waals surface area (Å²) in [5, 5.41) is 9.40. The number of hydrogen-bond acceptors (Lipinski definition) is 4. The molecule has 0 bridgehead atoms. The number of fused-ring (bicyclic) bond motifs is 1. The monoisotopic (exact) mass is 373 g/mol. The molecule has 28 heavy (non-hydrogen) atoms. The number of benzene rings is 3. The molecule has 4 nitrogen and oxygen atoms in total. The third-order valence-electron chi connectivity index (χ3n) is 4.73. The lowest BCUT2D eigenvalue weighted by atomic mass is 9.95. The molecule has 0 aromatic heterocycles. The van der Waals surface area contributed by atoms with Gasteiger partial charge in [0.05, 0.1) is 12.3 Å². The molecule has 0 atom stereocenters. The van der Waals surface area contributed by atoms with Gasteiger partial charge in [-0.1, -0.05) is 54.6 Å². The standard InChI is InChI=1S/C24H23NO3/c26-14-12-19-8-4-5-9-21(19)24-22-11-10-20(16-23(22)27-15-13-25-24)28-17-18-6-2-1-3-7-18/h1-11,16,26H,12-15,17H2. The fourth-order valence-corrected chi connectivity index (χ4v) is 3.37. The van der Waals surface area contributed by atoms with Crippen molar-refractivity contribution in [1.29, 1.82) is 0 Å². The molecular weight excluding hydrogens is 350 g/mol. The number of aliphatic hydroxyl groups excluding tert-OH is 1. The number of aliphatic hydroxyl groups is 1. The summed E-state index contributed by atoms with van der Waals surface area (Å²) in [6, 6.07) is 24.1. The van der Waals surface area contributed by atoms with E-state index < -0.39 is 0 Å². The van der Waals surface area contributed by atoms with Gasteiger partial charge in [-0.3, -0.25) is 4.99 Å². The Morgan fingerprint density at radius 3 is 2.61 bits per heavy atom. The van der Waals surface area contributed by atoms with Crippen LogP contribution in [0.5, 0.6) is 11.5 Å². The molecule has 4 rings (SSSR count). The second-order valence-electron chi connectivity index (χ2n) is 6.64. The van der Waals surface area contributed by atoms with Gasteiger partial charge in [0, 0.05) is 23.8 Å². The molecule has 1 aliphatic heterocycles. The first-order valence-corrected chi connectivity index (χ1v) is 9.52. The predicted molar refractivity (Wildman–Crippen MR) is 110 cm³/mol. The molecule has 0 saturated carbocycles. The van der Waals surface area contributed by atoms with E-state index in [1.54, 1.807) is 0 Å². The molecule has 0 aliphatic carbocycles. The SMILES string of the molecule is OCCc1ccccc1C1=NCCOc2cc(OCc3ccccc3)ccc21. The van der Waals surface area contributed by atoms with Crippen molar-refractivity contribution in [3.63, 3.8) is 0 Å². The number of ether oxygens (including phenoxy) is 2. The van der Waals surface area contributed by atoms with Gasteiger partial charge in [0.2, 0.25) is 0 Å². The molecule has 4 heteroatoms. The van der Waals surface area contributed by atoms with E-state index in [-0.39, 0.29) is 6.61 Å². The van der Waals surface area contributed by atoms with Gasteiger partial charge in [-0.15, -0.1) is 0 Å². The van der Waals surface area contributed by atoms with E-state index >= 15 is 0 Å². The van der Waals surface area contributed by atoms with Crippen molar-refractivity contribution in [3.05, 3.63) is 95.1 Å². The van der Waals surface area contributed by atoms with Gasteiger partial charge in [-0.2, -0.15) is 0 Å². The minimum atomic E-state index is 0.111. The Bertz CT molecular complexity index is 967. The highest BCUT2D eigenvalue weighted by atomic mass is 16.5. The molecule has 1 aliphatic rings. The maximum atomic E-state index is 9.40. The van der Waals surface area contributed by atoms with Crippen molar-refractivity contribution in [1.82, 2.24) is 0 Å². The second-order valence-corrected chi connectivity index (χ2v) is 6.64. The lowest BCUT2D eigenvalue weighted by Gasteiger charge is -2.15. The van der Waals surface area contributed by atoms with Crippen molar-refractivity contribution in [2.75, 3.05) is 19.8 Å². The lowest BCUT2D eigenvalue weighted by Crippen LogP contribution is -2.09. The van der Waals surface area contributed by atoms with Crippen LogP contribution in [0.1, 0.15) is 22.3 Å². The summed E-state index contributed by atoms with van der Waals surface area (Å²) in [5.41, 5.74) is 5.11. The first-order chi connectivity index (χ1) is 13.8. The summed E-state index contributed by atoms with van der Waals surface area (Å²) in [7, 11) is 0. The van der Waals surface area contributed by atoms with E-state index in [9.17, 15) is 5.11 Å². The van der Waals surface area contributed by atoms with Crippen molar-refractivity contribution in [2.24, 2.45) is 4.99 Å². The molecule has 0 saturated heterocycles. The molecule has 3 aromatic rings. The maximum absolute atomic E-state index is 9.40. The summed E-state index contributed by atoms with van der Waals surface area (Å²) in [6.45, 7) is 1.75. The second kappa shape index (κ2) is 8.72. The quantitative estimate of drug-likeness (QED) is 0.710. The molecule has 0 radical (unpaired) electrons. The Hall–Kier alpha value is -3.11. The largest absolute Gasteiger partial charge is 0.491 e. The molecule has 0 fully saturated rings. The number of aliphatic imine (C=N–C) groups is 1. The maximum Gasteiger partial charge on any atom is 0.132 e. The van der Waals surface area contributed by atoms with Crippen LogP contribution in [0.15, 0.2) is 77.8 Å². The zero-order chi connectivity index (χ0) is 19.2. The van der Waals surface area contributed by atoms with Gasteiger partial charge in [0.15, 0.2) is 0 Å². The van der Waals surface area contributed by atoms with E-state index in [4.69, 9.17) is 14.5 Å². The average Bonchev–Trinajstić information content (AvgIpc) is 2.96. The van der Waals surface area contributed by atoms with Crippen LogP contribution >= 0.6 is 0 Å². The summed E-state index contributed by atoms with van der Waals surface area (Å²) in [6.07, 6.45) is 0.601. The Balaban J connectivity index is 1.62. The fraction of sp³-hybridized carbons (Fsp3) is 0.208. The Labute approximate surface area is 165 Å². The third kappa shape index (κ3) is 4.07. The van der Waals surface area contributed by atoms with E-state index in [1.807, 2.05) is 66.7 Å². The fourth-order valence-electron chi connectivity index (χ4n) is 3.37. The lowest BCUT2D eigenvalue weighted by molar-refractivity contribution is 0.298. The smallest absolute Gasteiger partial charge is 0.132 e. The van der Waals surface area contributed by atoms with E-state index in [1.165, 1.54) is 0 Å². The third-order valence-corrected chi connectivity index (χ3v) is 4.73. The van der Waals surface area contributed by atoms with E-state index in [2.05, 4.69) is 6.07 Å². The first-order valence-electron chi connectivity index (χ1n) is 9.52. The van der Waals surface area contributed by atoms with Crippen molar-refractivity contribution < 1.29 is 14.6 Å². The van der Waals surface area contributed by atoms with Gasteiger partial charge in [-0.25, -0.2) is 0 Å². The summed E-state index contributed by atoms with van der Waals surface area (Å²) >= 11 is 0. The van der Waals surface area contributed by atoms with Crippen molar-refractivity contribution >= 4 is 5.71 Å². The van der Waals surface area contributed by atoms with E-state index in [0.717, 1.165) is 39.5 Å². The molecule has 0 unspecified atom stereocenters. The average molecular weight is 373 g/mol. The van der Waals surface area contributed by atoms with Crippen LogP contribution in [0.3, 0.4) is 0 Å². The predicted octanol–water partition coefficient (Wildman–Crippen LogP) is 4.03. The van der Waals surface area contributed by atoms with Crippen LogP contribution in [0.2, 0.25) is 0 Å². The minimum absolute atomic E-state index is 0.111. The van der Waals surface area contributed by atoms with Crippen molar-refractivity contribution in [2.45, 2.75) is 13.0 Å². The summed E-state index contributed by atoms with van der Waals surface area (Å²) in [5.74, 6) is 1.55. The molecular formula is C24H23NO3. The van der Waals surface area contributed by atoms with Gasteiger partial charge in [0.1, 0.15) is 24.7 Å². The minimum Gasteiger partial charge on any atom is -0.491 e. The van der Waals surface area contributed by atoms with Crippen LogP contribution in [0.25, 0.3) is 0 Å². The van der Waals surface area contributed by atoms with Crippen LogP contribution in [0.4, 0.5) is 0 Å². The molecule has 1 heterocycles. The van der Waals surface area contributed by atoms with Gasteiger partial charge in [-0.05, 0) is 29.7 Å². The molecule has 0 amide bonds. The molecule has 142 valence electrons. The first kappa shape index (κ1) is 18.3. The number of hydrogen-bond donors (Lipinski definition) is 1. The topological polar surface area (TPSA) is 51.1 Å². The van der Waals surface area contributed by atoms with Gasteiger partial charge >= 0.3 is 0 Å². The van der Waals surface area contributed by atoms with E-state index in [0.29, 0.717) is 26.2 Å². The molecule has 0 spiro atoms. The zero-order valence-electron chi connectivity index (χ0n) is 15.7. The van der Waals surface area contributed by atoms with Crippen LogP contribution < -0.4 is 9.47 Å². The Morgan fingerprint density at radius 2 is 1.75 bits per heavy atom. The normalized spacial score (nSPS) is 13.1. The Morgan fingerprint density at radius 1 is 0.929 bits per heavy atom. The van der Waals surface area contributed by atoms with Crippen LogP contribution in [-0.2, 0) is 13.0 Å².